The number of carbonyl (C=O) groups excluding carboxylic acids is 2. The zero-order valence-electron chi connectivity index (χ0n) is 8.62. The molecule has 16 heavy (non-hydrogen) atoms. The van der Waals surface area contributed by atoms with Crippen molar-refractivity contribution in [2.75, 3.05) is 26.7 Å². The molecule has 8 heteroatoms. The molecule has 1 heterocycles. The third-order valence-corrected chi connectivity index (χ3v) is 2.38. The van der Waals surface area contributed by atoms with Gasteiger partial charge in [-0.2, -0.15) is 13.2 Å². The van der Waals surface area contributed by atoms with E-state index in [2.05, 4.69) is 0 Å². The van der Waals surface area contributed by atoms with Crippen LogP contribution >= 0.6 is 0 Å². The summed E-state index contributed by atoms with van der Waals surface area (Å²) in [6.07, 6.45) is -4.50. The predicted molar refractivity (Wildman–Crippen MR) is 48.3 cm³/mol. The number of rotatable bonds is 3. The van der Waals surface area contributed by atoms with E-state index in [1.165, 1.54) is 7.05 Å². The minimum Gasteiger partial charge on any atom is -0.330 e. The van der Waals surface area contributed by atoms with Gasteiger partial charge in [0.05, 0.1) is 5.92 Å². The maximum Gasteiger partial charge on any atom is 0.394 e. The molecule has 1 rings (SSSR count). The number of nitrogens with two attached hydrogens (primary N) is 1. The van der Waals surface area contributed by atoms with E-state index in [1.807, 2.05) is 0 Å². The van der Waals surface area contributed by atoms with Crippen molar-refractivity contribution in [3.8, 4) is 0 Å². The Balaban J connectivity index is 2.73. The van der Waals surface area contributed by atoms with Crippen molar-refractivity contribution in [3.05, 3.63) is 0 Å². The molecule has 0 aromatic rings. The van der Waals surface area contributed by atoms with E-state index in [0.29, 0.717) is 4.90 Å². The molecule has 92 valence electrons. The first-order chi connectivity index (χ1) is 7.27. The molecule has 1 unspecified atom stereocenters. The van der Waals surface area contributed by atoms with Gasteiger partial charge in [-0.1, -0.05) is 0 Å². The normalized spacial score (nSPS) is 19.6. The van der Waals surface area contributed by atoms with Gasteiger partial charge in [0, 0.05) is 20.1 Å². The molecule has 0 saturated carbocycles. The summed E-state index contributed by atoms with van der Waals surface area (Å²) in [5.41, 5.74) is 4.98. The van der Waals surface area contributed by atoms with Gasteiger partial charge in [0.15, 0.2) is 0 Å². The lowest BCUT2D eigenvalue weighted by Gasteiger charge is -2.23. The molecule has 0 aliphatic carbocycles. The van der Waals surface area contributed by atoms with E-state index in [4.69, 9.17) is 5.73 Å². The largest absolute Gasteiger partial charge is 0.394 e. The number of imide groups is 1. The van der Waals surface area contributed by atoms with Crippen LogP contribution in [0.25, 0.3) is 0 Å². The fourth-order valence-electron chi connectivity index (χ4n) is 1.38. The molecule has 3 amide bonds. The number of carbonyl (C=O) groups is 2. The molecular formula is C8H12F3N3O2. The molecule has 0 spiro atoms. The van der Waals surface area contributed by atoms with Crippen molar-refractivity contribution >= 4 is 11.9 Å². The summed E-state index contributed by atoms with van der Waals surface area (Å²) >= 11 is 0. The second-order valence-corrected chi connectivity index (χ2v) is 3.62. The minimum atomic E-state index is -4.50. The fourth-order valence-corrected chi connectivity index (χ4v) is 1.38. The van der Waals surface area contributed by atoms with Crippen molar-refractivity contribution in [2.45, 2.75) is 6.18 Å². The number of amides is 3. The Bertz CT molecular complexity index is 305. The van der Waals surface area contributed by atoms with Crippen molar-refractivity contribution in [3.63, 3.8) is 0 Å². The number of urea groups is 1. The van der Waals surface area contributed by atoms with Gasteiger partial charge < -0.3 is 10.6 Å². The second-order valence-electron chi connectivity index (χ2n) is 3.62. The summed E-state index contributed by atoms with van der Waals surface area (Å²) in [4.78, 5) is 24.2. The number of hydrogen-bond acceptors (Lipinski definition) is 3. The molecule has 2 N–H and O–H groups in total. The molecule has 1 aliphatic rings. The van der Waals surface area contributed by atoms with Gasteiger partial charge in [-0.3, -0.25) is 9.69 Å². The Hall–Kier alpha value is -1.31. The van der Waals surface area contributed by atoms with Gasteiger partial charge in [-0.05, 0) is 0 Å². The van der Waals surface area contributed by atoms with Crippen LogP contribution in [0.3, 0.4) is 0 Å². The third-order valence-electron chi connectivity index (χ3n) is 2.38. The Morgan fingerprint density at radius 1 is 1.44 bits per heavy atom. The molecule has 1 atom stereocenters. The van der Waals surface area contributed by atoms with Crippen LogP contribution in [0.15, 0.2) is 0 Å². The van der Waals surface area contributed by atoms with Crippen molar-refractivity contribution in [1.82, 2.24) is 9.80 Å². The summed E-state index contributed by atoms with van der Waals surface area (Å²) in [6, 6.07) is -0.715. The fraction of sp³-hybridized carbons (Fsp3) is 0.750. The summed E-state index contributed by atoms with van der Waals surface area (Å²) in [6.45, 7) is -1.54. The molecule has 0 aromatic heterocycles. The van der Waals surface area contributed by atoms with Gasteiger partial charge in [0.1, 0.15) is 6.54 Å². The molecule has 5 nitrogen and oxygen atoms in total. The summed E-state index contributed by atoms with van der Waals surface area (Å²) in [7, 11) is 1.35. The van der Waals surface area contributed by atoms with E-state index >= 15 is 0 Å². The van der Waals surface area contributed by atoms with Crippen LogP contribution < -0.4 is 5.73 Å². The van der Waals surface area contributed by atoms with Crippen LogP contribution in [0.5, 0.6) is 0 Å². The average molecular weight is 239 g/mol. The number of hydrogen-bond donors (Lipinski definition) is 1. The highest BCUT2D eigenvalue weighted by molar-refractivity contribution is 6.01. The topological polar surface area (TPSA) is 66.6 Å². The van der Waals surface area contributed by atoms with Crippen LogP contribution in [-0.2, 0) is 4.79 Å². The minimum absolute atomic E-state index is 0.187. The Morgan fingerprint density at radius 2 is 2.00 bits per heavy atom. The maximum absolute atomic E-state index is 12.4. The first kappa shape index (κ1) is 12.8. The standard InChI is InChI=1S/C8H12F3N3O2/c1-13-4-6(15)14(7(13)16)3-5(2-12)8(9,10)11/h5H,2-4,12H2,1H3. The first-order valence-electron chi connectivity index (χ1n) is 4.59. The highest BCUT2D eigenvalue weighted by atomic mass is 19.4. The predicted octanol–water partition coefficient (Wildman–Crippen LogP) is 0.0176. The SMILES string of the molecule is CN1CC(=O)N(CC(CN)C(F)(F)F)C1=O. The molecule has 1 saturated heterocycles. The van der Waals surface area contributed by atoms with Crippen LogP contribution in [0.2, 0.25) is 0 Å². The van der Waals surface area contributed by atoms with E-state index in [9.17, 15) is 22.8 Å². The zero-order chi connectivity index (χ0) is 12.5. The molecular weight excluding hydrogens is 227 g/mol. The number of nitrogens with zero attached hydrogens (tertiary/aromatic N) is 2. The van der Waals surface area contributed by atoms with Gasteiger partial charge in [0.25, 0.3) is 0 Å². The molecule has 1 fully saturated rings. The molecule has 1 aliphatic heterocycles. The van der Waals surface area contributed by atoms with Crippen LogP contribution in [0, 0.1) is 5.92 Å². The van der Waals surface area contributed by atoms with Gasteiger partial charge in [-0.15, -0.1) is 0 Å². The highest BCUT2D eigenvalue weighted by Crippen LogP contribution is 2.27. The van der Waals surface area contributed by atoms with Crippen molar-refractivity contribution < 1.29 is 22.8 Å². The Kier molecular flexibility index (Phi) is 3.41. The zero-order valence-corrected chi connectivity index (χ0v) is 8.62. The van der Waals surface area contributed by atoms with Gasteiger partial charge >= 0.3 is 12.2 Å². The summed E-state index contributed by atoms with van der Waals surface area (Å²) < 4.78 is 37.1. The van der Waals surface area contributed by atoms with Gasteiger partial charge in [0.2, 0.25) is 5.91 Å². The molecule has 0 bridgehead atoms. The molecule has 0 radical (unpaired) electrons. The monoisotopic (exact) mass is 239 g/mol. The average Bonchev–Trinajstić information content (AvgIpc) is 2.37. The van der Waals surface area contributed by atoms with E-state index in [0.717, 1.165) is 4.90 Å². The van der Waals surface area contributed by atoms with Gasteiger partial charge in [-0.25, -0.2) is 4.79 Å². The summed E-state index contributed by atoms with van der Waals surface area (Å²) in [5.74, 6) is -2.50. The lowest BCUT2D eigenvalue weighted by Crippen LogP contribution is -2.43. The Morgan fingerprint density at radius 3 is 2.31 bits per heavy atom. The Labute approximate surface area is 90.0 Å². The summed E-state index contributed by atoms with van der Waals surface area (Å²) in [5, 5.41) is 0. The van der Waals surface area contributed by atoms with Crippen LogP contribution in [0.4, 0.5) is 18.0 Å². The third kappa shape index (κ3) is 2.43. The van der Waals surface area contributed by atoms with E-state index in [-0.39, 0.29) is 6.54 Å². The number of alkyl halides is 3. The van der Waals surface area contributed by atoms with E-state index in [1.54, 1.807) is 0 Å². The number of likely N-dealkylation sites (N-methyl/N-ethyl adjacent to an activating group) is 1. The van der Waals surface area contributed by atoms with Crippen molar-refractivity contribution in [1.29, 1.82) is 0 Å². The van der Waals surface area contributed by atoms with E-state index < -0.39 is 37.1 Å². The lowest BCUT2D eigenvalue weighted by atomic mass is 10.1. The van der Waals surface area contributed by atoms with Crippen molar-refractivity contribution in [2.24, 2.45) is 11.7 Å². The smallest absolute Gasteiger partial charge is 0.330 e. The molecule has 0 aromatic carbocycles. The highest BCUT2D eigenvalue weighted by Gasteiger charge is 2.44. The second kappa shape index (κ2) is 4.28. The maximum atomic E-state index is 12.4. The first-order valence-corrected chi connectivity index (χ1v) is 4.59. The quantitative estimate of drug-likeness (QED) is 0.706. The lowest BCUT2D eigenvalue weighted by molar-refractivity contribution is -0.174. The van der Waals surface area contributed by atoms with Crippen LogP contribution in [0.1, 0.15) is 0 Å². The van der Waals surface area contributed by atoms with Crippen LogP contribution in [-0.4, -0.2) is 54.6 Å². The number of halogens is 3.